The van der Waals surface area contributed by atoms with Gasteiger partial charge >= 0.3 is 0 Å². The van der Waals surface area contributed by atoms with E-state index in [1.54, 1.807) is 0 Å². The molecule has 2 aromatic carbocycles. The largest absolute Gasteiger partial charge is 0.345 e. The average molecular weight is 281 g/mol. The molecule has 0 aromatic heterocycles. The summed E-state index contributed by atoms with van der Waals surface area (Å²) in [5.74, 6) is 0.0198. The van der Waals surface area contributed by atoms with Crippen molar-refractivity contribution in [3.05, 3.63) is 54.1 Å². The Kier molecular flexibility index (Phi) is 3.62. The van der Waals surface area contributed by atoms with Crippen molar-refractivity contribution in [1.82, 2.24) is 5.32 Å². The Morgan fingerprint density at radius 2 is 1.90 bits per heavy atom. The van der Waals surface area contributed by atoms with Crippen LogP contribution in [0, 0.1) is 0 Å². The van der Waals surface area contributed by atoms with Gasteiger partial charge in [-0.3, -0.25) is 4.79 Å². The minimum absolute atomic E-state index is 0.0198. The van der Waals surface area contributed by atoms with E-state index in [1.807, 2.05) is 44.3 Å². The number of nitrogens with zero attached hydrogens (tertiary/aromatic N) is 1. The number of likely N-dealkylation sites (N-methyl/N-ethyl adjacent to an activating group) is 1. The highest BCUT2D eigenvalue weighted by Crippen LogP contribution is 2.35. The first-order valence-corrected chi connectivity index (χ1v) is 7.17. The van der Waals surface area contributed by atoms with E-state index in [0.29, 0.717) is 0 Å². The maximum atomic E-state index is 12.0. The molecule has 0 fully saturated rings. The van der Waals surface area contributed by atoms with Crippen LogP contribution >= 0.6 is 0 Å². The Balaban J connectivity index is 1.91. The average Bonchev–Trinajstić information content (AvgIpc) is 2.83. The molecule has 0 aliphatic carbocycles. The zero-order chi connectivity index (χ0) is 14.8. The van der Waals surface area contributed by atoms with Crippen LogP contribution in [-0.4, -0.2) is 19.5 Å². The molecule has 2 aromatic rings. The number of anilines is 3. The first kappa shape index (κ1) is 13.6. The van der Waals surface area contributed by atoms with Gasteiger partial charge in [0.1, 0.15) is 6.04 Å². The Bertz CT molecular complexity index is 654. The molecule has 3 rings (SSSR count). The second-order valence-corrected chi connectivity index (χ2v) is 5.15. The van der Waals surface area contributed by atoms with Crippen LogP contribution in [0.1, 0.15) is 18.5 Å². The molecule has 0 spiro atoms. The van der Waals surface area contributed by atoms with Crippen LogP contribution in [0.4, 0.5) is 17.1 Å². The lowest BCUT2D eigenvalue weighted by Crippen LogP contribution is -2.27. The van der Waals surface area contributed by atoms with E-state index >= 15 is 0 Å². The fourth-order valence-corrected chi connectivity index (χ4v) is 2.67. The molecule has 1 atom stereocenters. The van der Waals surface area contributed by atoms with Crippen LogP contribution in [0.2, 0.25) is 0 Å². The molecule has 1 aliphatic heterocycles. The third-order valence-electron chi connectivity index (χ3n) is 3.81. The van der Waals surface area contributed by atoms with Crippen LogP contribution in [0.15, 0.2) is 48.5 Å². The maximum absolute atomic E-state index is 12.0. The number of carbonyl (C=O) groups excluding carboxylic acids is 1. The topological polar surface area (TPSA) is 44.4 Å². The van der Waals surface area contributed by atoms with Crippen LogP contribution in [-0.2, 0) is 4.79 Å². The zero-order valence-corrected chi connectivity index (χ0v) is 12.3. The number of amides is 1. The summed E-state index contributed by atoms with van der Waals surface area (Å²) in [5, 5.41) is 6.16. The van der Waals surface area contributed by atoms with Crippen molar-refractivity contribution in [1.29, 1.82) is 0 Å². The van der Waals surface area contributed by atoms with E-state index < -0.39 is 0 Å². The van der Waals surface area contributed by atoms with Crippen molar-refractivity contribution in [3.63, 3.8) is 0 Å². The van der Waals surface area contributed by atoms with E-state index in [9.17, 15) is 4.79 Å². The standard InChI is InChI=1S/C17H19N3O/c1-3-18-16-14-10-9-13(11-15(14)19-17(16)21)20(2)12-7-5-4-6-8-12/h4-11,16,18H,3H2,1-2H3,(H,19,21). The number of rotatable bonds is 4. The number of hydrogen-bond donors (Lipinski definition) is 2. The van der Waals surface area contributed by atoms with Crippen molar-refractivity contribution >= 4 is 23.0 Å². The highest BCUT2D eigenvalue weighted by atomic mass is 16.2. The number of nitrogens with one attached hydrogen (secondary N) is 2. The minimum Gasteiger partial charge on any atom is -0.345 e. The number of hydrogen-bond acceptors (Lipinski definition) is 3. The summed E-state index contributed by atoms with van der Waals surface area (Å²) in [4.78, 5) is 14.1. The monoisotopic (exact) mass is 281 g/mol. The summed E-state index contributed by atoms with van der Waals surface area (Å²) in [5.41, 5.74) is 4.08. The summed E-state index contributed by atoms with van der Waals surface area (Å²) in [6, 6.07) is 16.0. The van der Waals surface area contributed by atoms with Gasteiger partial charge in [-0.1, -0.05) is 31.2 Å². The van der Waals surface area contributed by atoms with Gasteiger partial charge in [0.2, 0.25) is 5.91 Å². The molecule has 0 saturated carbocycles. The van der Waals surface area contributed by atoms with Gasteiger partial charge in [-0.2, -0.15) is 0 Å². The van der Waals surface area contributed by atoms with Crippen LogP contribution < -0.4 is 15.5 Å². The highest BCUT2D eigenvalue weighted by Gasteiger charge is 2.29. The van der Waals surface area contributed by atoms with Crippen molar-refractivity contribution in [2.45, 2.75) is 13.0 Å². The Hall–Kier alpha value is -2.33. The van der Waals surface area contributed by atoms with Crippen LogP contribution in [0.5, 0.6) is 0 Å². The molecule has 21 heavy (non-hydrogen) atoms. The lowest BCUT2D eigenvalue weighted by molar-refractivity contribution is -0.117. The zero-order valence-electron chi connectivity index (χ0n) is 12.3. The van der Waals surface area contributed by atoms with Gasteiger partial charge in [0.15, 0.2) is 0 Å². The summed E-state index contributed by atoms with van der Waals surface area (Å²) in [6.07, 6.45) is 0. The number of carbonyl (C=O) groups is 1. The van der Waals surface area contributed by atoms with Crippen molar-refractivity contribution in [2.24, 2.45) is 0 Å². The van der Waals surface area contributed by atoms with Gasteiger partial charge in [-0.05, 0) is 30.8 Å². The predicted octanol–water partition coefficient (Wildman–Crippen LogP) is 3.06. The summed E-state index contributed by atoms with van der Waals surface area (Å²) in [7, 11) is 2.02. The number of para-hydroxylation sites is 1. The van der Waals surface area contributed by atoms with E-state index in [0.717, 1.165) is 29.2 Å². The summed E-state index contributed by atoms with van der Waals surface area (Å²) >= 11 is 0. The quantitative estimate of drug-likeness (QED) is 0.905. The second-order valence-electron chi connectivity index (χ2n) is 5.15. The highest BCUT2D eigenvalue weighted by molar-refractivity contribution is 6.03. The third-order valence-corrected chi connectivity index (χ3v) is 3.81. The third kappa shape index (κ3) is 2.50. The Labute approximate surface area is 124 Å². The molecule has 1 amide bonds. The molecular weight excluding hydrogens is 262 g/mol. The molecule has 0 saturated heterocycles. The van der Waals surface area contributed by atoms with E-state index in [4.69, 9.17) is 0 Å². The maximum Gasteiger partial charge on any atom is 0.246 e. The first-order chi connectivity index (χ1) is 10.2. The summed E-state index contributed by atoms with van der Waals surface area (Å²) in [6.45, 7) is 2.77. The lowest BCUT2D eigenvalue weighted by Gasteiger charge is -2.20. The molecule has 0 radical (unpaired) electrons. The van der Waals surface area contributed by atoms with Gasteiger partial charge in [0, 0.05) is 29.7 Å². The smallest absolute Gasteiger partial charge is 0.246 e. The van der Waals surface area contributed by atoms with Gasteiger partial charge in [-0.25, -0.2) is 0 Å². The molecular formula is C17H19N3O. The molecule has 1 heterocycles. The van der Waals surface area contributed by atoms with Gasteiger partial charge in [0.05, 0.1) is 0 Å². The molecule has 108 valence electrons. The molecule has 4 nitrogen and oxygen atoms in total. The van der Waals surface area contributed by atoms with Crippen molar-refractivity contribution < 1.29 is 4.79 Å². The normalized spacial score (nSPS) is 16.5. The summed E-state index contributed by atoms with van der Waals surface area (Å²) < 4.78 is 0. The van der Waals surface area contributed by atoms with E-state index in [1.165, 1.54) is 0 Å². The Morgan fingerprint density at radius 1 is 1.14 bits per heavy atom. The Morgan fingerprint density at radius 3 is 2.62 bits per heavy atom. The molecule has 1 aliphatic rings. The predicted molar refractivity (Wildman–Crippen MR) is 86.0 cm³/mol. The van der Waals surface area contributed by atoms with E-state index in [-0.39, 0.29) is 11.9 Å². The molecule has 4 heteroatoms. The minimum atomic E-state index is -0.235. The van der Waals surface area contributed by atoms with E-state index in [2.05, 4.69) is 33.7 Å². The van der Waals surface area contributed by atoms with Crippen LogP contribution in [0.25, 0.3) is 0 Å². The number of fused-ring (bicyclic) bond motifs is 1. The lowest BCUT2D eigenvalue weighted by atomic mass is 10.1. The SMILES string of the molecule is CCNC1C(=O)Nc2cc(N(C)c3ccccc3)ccc21. The first-order valence-electron chi connectivity index (χ1n) is 7.17. The number of benzene rings is 2. The van der Waals surface area contributed by atoms with Crippen molar-refractivity contribution in [3.8, 4) is 0 Å². The fraction of sp³-hybridized carbons (Fsp3) is 0.235. The van der Waals surface area contributed by atoms with Gasteiger partial charge < -0.3 is 15.5 Å². The fourth-order valence-electron chi connectivity index (χ4n) is 2.67. The molecule has 0 bridgehead atoms. The molecule has 2 N–H and O–H groups in total. The second kappa shape index (κ2) is 5.58. The molecule has 1 unspecified atom stereocenters. The van der Waals surface area contributed by atoms with Gasteiger partial charge in [0.25, 0.3) is 0 Å². The van der Waals surface area contributed by atoms with Crippen molar-refractivity contribution in [2.75, 3.05) is 23.8 Å². The van der Waals surface area contributed by atoms with Gasteiger partial charge in [-0.15, -0.1) is 0 Å². The van der Waals surface area contributed by atoms with Crippen LogP contribution in [0.3, 0.4) is 0 Å².